The van der Waals surface area contributed by atoms with Crippen molar-refractivity contribution in [3.05, 3.63) is 39.9 Å². The summed E-state index contributed by atoms with van der Waals surface area (Å²) in [4.78, 5) is 13.6. The van der Waals surface area contributed by atoms with Gasteiger partial charge in [0.2, 0.25) is 5.91 Å². The molecule has 1 aromatic rings. The van der Waals surface area contributed by atoms with Gasteiger partial charge in [-0.2, -0.15) is 0 Å². The van der Waals surface area contributed by atoms with Crippen molar-refractivity contribution in [1.29, 1.82) is 0 Å². The lowest BCUT2D eigenvalue weighted by Gasteiger charge is -2.29. The average Bonchev–Trinajstić information content (AvgIpc) is 2.35. The second-order valence-corrected chi connectivity index (χ2v) is 5.49. The van der Waals surface area contributed by atoms with Crippen LogP contribution in [-0.2, 0) is 4.79 Å². The van der Waals surface area contributed by atoms with Gasteiger partial charge in [-0.1, -0.05) is 23.2 Å². The Bertz CT molecular complexity index is 482. The summed E-state index contributed by atoms with van der Waals surface area (Å²) in [5.74, 6) is -0.102. The van der Waals surface area contributed by atoms with Gasteiger partial charge in [-0.15, -0.1) is 0 Å². The van der Waals surface area contributed by atoms with Crippen molar-refractivity contribution in [2.24, 2.45) is 0 Å². The Morgan fingerprint density at radius 2 is 2.00 bits per heavy atom. The van der Waals surface area contributed by atoms with Crippen molar-refractivity contribution in [3.8, 4) is 0 Å². The fourth-order valence-corrected chi connectivity index (χ4v) is 2.64. The standard InChI is InChI=1S/C14H15Cl2NO2/c15-11-6-10(7-12(16)8-11)3-4-14(19)17-5-1-2-13(18)9-17/h3-4,6-8,13,18H,1-2,5,9H2/b4-3+/t13-/m0/s1. The first-order valence-electron chi connectivity index (χ1n) is 6.16. The van der Waals surface area contributed by atoms with Gasteiger partial charge in [-0.3, -0.25) is 4.79 Å². The summed E-state index contributed by atoms with van der Waals surface area (Å²) in [7, 11) is 0. The number of piperidine rings is 1. The van der Waals surface area contributed by atoms with E-state index in [1.165, 1.54) is 6.08 Å². The maximum atomic E-state index is 11.9. The highest BCUT2D eigenvalue weighted by atomic mass is 35.5. The molecule has 1 fully saturated rings. The molecular weight excluding hydrogens is 285 g/mol. The molecule has 2 rings (SSSR count). The molecule has 1 aliphatic rings. The van der Waals surface area contributed by atoms with Gasteiger partial charge in [0.25, 0.3) is 0 Å². The second kappa shape index (κ2) is 6.42. The molecule has 0 bridgehead atoms. The normalized spacial score (nSPS) is 19.9. The van der Waals surface area contributed by atoms with E-state index in [1.54, 1.807) is 29.2 Å². The summed E-state index contributed by atoms with van der Waals surface area (Å²) in [6, 6.07) is 5.12. The number of nitrogens with zero attached hydrogens (tertiary/aromatic N) is 1. The maximum absolute atomic E-state index is 11.9. The van der Waals surface area contributed by atoms with E-state index in [-0.39, 0.29) is 5.91 Å². The number of carbonyl (C=O) groups excluding carboxylic acids is 1. The van der Waals surface area contributed by atoms with Crippen molar-refractivity contribution < 1.29 is 9.90 Å². The van der Waals surface area contributed by atoms with Crippen LogP contribution >= 0.6 is 23.2 Å². The third-order valence-electron chi connectivity index (χ3n) is 3.01. The number of aliphatic hydroxyl groups excluding tert-OH is 1. The van der Waals surface area contributed by atoms with E-state index in [0.29, 0.717) is 23.1 Å². The van der Waals surface area contributed by atoms with Crippen molar-refractivity contribution in [1.82, 2.24) is 4.90 Å². The van der Waals surface area contributed by atoms with Crippen LogP contribution in [0.3, 0.4) is 0 Å². The summed E-state index contributed by atoms with van der Waals surface area (Å²) in [5.41, 5.74) is 0.781. The van der Waals surface area contributed by atoms with E-state index < -0.39 is 6.10 Å². The van der Waals surface area contributed by atoms with Gasteiger partial charge in [0.15, 0.2) is 0 Å². The highest BCUT2D eigenvalue weighted by Gasteiger charge is 2.20. The topological polar surface area (TPSA) is 40.5 Å². The molecule has 0 spiro atoms. The maximum Gasteiger partial charge on any atom is 0.246 e. The third-order valence-corrected chi connectivity index (χ3v) is 3.45. The van der Waals surface area contributed by atoms with Crippen LogP contribution in [0.5, 0.6) is 0 Å². The van der Waals surface area contributed by atoms with E-state index in [1.807, 2.05) is 0 Å². The Morgan fingerprint density at radius 1 is 1.32 bits per heavy atom. The number of carbonyl (C=O) groups is 1. The van der Waals surface area contributed by atoms with E-state index in [4.69, 9.17) is 23.2 Å². The number of hydrogen-bond acceptors (Lipinski definition) is 2. The highest BCUT2D eigenvalue weighted by Crippen LogP contribution is 2.20. The summed E-state index contributed by atoms with van der Waals surface area (Å²) in [5, 5.41) is 10.6. The minimum Gasteiger partial charge on any atom is -0.391 e. The zero-order valence-electron chi connectivity index (χ0n) is 10.4. The minimum absolute atomic E-state index is 0.102. The van der Waals surface area contributed by atoms with Crippen LogP contribution in [0.4, 0.5) is 0 Å². The van der Waals surface area contributed by atoms with Gasteiger partial charge in [0.05, 0.1) is 6.10 Å². The van der Waals surface area contributed by atoms with Gasteiger partial charge in [-0.25, -0.2) is 0 Å². The van der Waals surface area contributed by atoms with E-state index in [9.17, 15) is 9.90 Å². The van der Waals surface area contributed by atoms with Crippen LogP contribution in [0.2, 0.25) is 10.0 Å². The smallest absolute Gasteiger partial charge is 0.246 e. The molecule has 0 aliphatic carbocycles. The van der Waals surface area contributed by atoms with Gasteiger partial charge < -0.3 is 10.0 Å². The van der Waals surface area contributed by atoms with Crippen LogP contribution in [0.1, 0.15) is 18.4 Å². The lowest BCUT2D eigenvalue weighted by atomic mass is 10.1. The van der Waals surface area contributed by atoms with Crippen LogP contribution in [-0.4, -0.2) is 35.1 Å². The molecule has 0 aromatic heterocycles. The number of benzene rings is 1. The van der Waals surface area contributed by atoms with Gasteiger partial charge in [0, 0.05) is 29.2 Å². The highest BCUT2D eigenvalue weighted by molar-refractivity contribution is 6.34. The molecule has 1 N–H and O–H groups in total. The van der Waals surface area contributed by atoms with Gasteiger partial charge in [0.1, 0.15) is 0 Å². The Morgan fingerprint density at radius 3 is 2.63 bits per heavy atom. The number of halogens is 2. The molecule has 0 radical (unpaired) electrons. The summed E-state index contributed by atoms with van der Waals surface area (Å²) >= 11 is 11.8. The first kappa shape index (κ1) is 14.4. The van der Waals surface area contributed by atoms with Crippen LogP contribution in [0.25, 0.3) is 6.08 Å². The minimum atomic E-state index is -0.410. The Kier molecular flexibility index (Phi) is 4.86. The molecule has 1 aromatic carbocycles. The number of likely N-dealkylation sites (tertiary alicyclic amines) is 1. The molecule has 5 heteroatoms. The second-order valence-electron chi connectivity index (χ2n) is 4.62. The fourth-order valence-electron chi connectivity index (χ4n) is 2.10. The van der Waals surface area contributed by atoms with E-state index >= 15 is 0 Å². The molecule has 1 atom stereocenters. The molecule has 0 saturated carbocycles. The van der Waals surface area contributed by atoms with Crippen molar-refractivity contribution >= 4 is 35.2 Å². The molecule has 0 unspecified atom stereocenters. The van der Waals surface area contributed by atoms with Gasteiger partial charge in [-0.05, 0) is 42.7 Å². The number of β-amino-alcohol motifs (C(OH)–C–C–N with tert-alkyl or cyclic N) is 1. The first-order chi connectivity index (χ1) is 9.04. The van der Waals surface area contributed by atoms with Crippen LogP contribution in [0, 0.1) is 0 Å². The Hall–Kier alpha value is -1.03. The first-order valence-corrected chi connectivity index (χ1v) is 6.91. The van der Waals surface area contributed by atoms with E-state index in [2.05, 4.69) is 0 Å². The number of aliphatic hydroxyl groups is 1. The Balaban J connectivity index is 2.03. The van der Waals surface area contributed by atoms with Crippen molar-refractivity contribution in [2.75, 3.05) is 13.1 Å². The number of rotatable bonds is 2. The molecule has 1 saturated heterocycles. The molecule has 102 valence electrons. The molecule has 1 aliphatic heterocycles. The zero-order valence-corrected chi connectivity index (χ0v) is 11.9. The summed E-state index contributed by atoms with van der Waals surface area (Å²) < 4.78 is 0. The monoisotopic (exact) mass is 299 g/mol. The number of hydrogen-bond donors (Lipinski definition) is 1. The molecule has 1 heterocycles. The summed E-state index contributed by atoms with van der Waals surface area (Å²) in [6.45, 7) is 1.09. The SMILES string of the molecule is O=C(/C=C/c1cc(Cl)cc(Cl)c1)N1CCC[C@H](O)C1. The number of amides is 1. The zero-order chi connectivity index (χ0) is 13.8. The average molecular weight is 300 g/mol. The molecule has 3 nitrogen and oxygen atoms in total. The van der Waals surface area contributed by atoms with Gasteiger partial charge >= 0.3 is 0 Å². The largest absolute Gasteiger partial charge is 0.391 e. The van der Waals surface area contributed by atoms with Crippen LogP contribution < -0.4 is 0 Å². The summed E-state index contributed by atoms with van der Waals surface area (Å²) in [6.07, 6.45) is 4.36. The predicted octanol–water partition coefficient (Wildman–Crippen LogP) is 2.99. The lowest BCUT2D eigenvalue weighted by Crippen LogP contribution is -2.41. The van der Waals surface area contributed by atoms with E-state index in [0.717, 1.165) is 18.4 Å². The van der Waals surface area contributed by atoms with Crippen molar-refractivity contribution in [2.45, 2.75) is 18.9 Å². The third kappa shape index (κ3) is 4.23. The fraction of sp³-hybridized carbons (Fsp3) is 0.357. The molecule has 19 heavy (non-hydrogen) atoms. The quantitative estimate of drug-likeness (QED) is 0.853. The molecular formula is C14H15Cl2NO2. The predicted molar refractivity (Wildman–Crippen MR) is 77.3 cm³/mol. The van der Waals surface area contributed by atoms with Crippen LogP contribution in [0.15, 0.2) is 24.3 Å². The Labute approximate surface area is 122 Å². The molecule has 1 amide bonds. The van der Waals surface area contributed by atoms with Crippen molar-refractivity contribution in [3.63, 3.8) is 0 Å². The lowest BCUT2D eigenvalue weighted by molar-refractivity contribution is -0.128.